The van der Waals surface area contributed by atoms with E-state index in [1.54, 1.807) is 37.4 Å². The highest BCUT2D eigenvalue weighted by atomic mass is 19.3. The lowest BCUT2D eigenvalue weighted by Crippen LogP contribution is -2.43. The molecule has 0 bridgehead atoms. The normalized spacial score (nSPS) is 23.5. The van der Waals surface area contributed by atoms with Crippen LogP contribution in [0.5, 0.6) is 5.88 Å². The first-order chi connectivity index (χ1) is 20.0. The van der Waals surface area contributed by atoms with E-state index in [2.05, 4.69) is 9.97 Å². The van der Waals surface area contributed by atoms with Crippen LogP contribution in [0.1, 0.15) is 50.8 Å². The van der Waals surface area contributed by atoms with E-state index in [9.17, 15) is 13.6 Å². The van der Waals surface area contributed by atoms with Crippen LogP contribution in [0.2, 0.25) is 0 Å². The minimum absolute atomic E-state index is 0.0249. The second-order valence-electron chi connectivity index (χ2n) is 10.9. The van der Waals surface area contributed by atoms with Crippen molar-refractivity contribution >= 4 is 22.9 Å². The fraction of sp³-hybridized carbons (Fsp3) is 0.586. The third kappa shape index (κ3) is 5.85. The lowest BCUT2D eigenvalue weighted by molar-refractivity contribution is -0.138. The maximum absolute atomic E-state index is 14.1. The molecule has 1 atom stereocenters. The number of hydrogen-bond donors (Lipinski definition) is 0. The van der Waals surface area contributed by atoms with Gasteiger partial charge in [0.05, 0.1) is 36.9 Å². The molecule has 0 radical (unpaired) electrons. The Morgan fingerprint density at radius 3 is 2.59 bits per heavy atom. The third-order valence-electron chi connectivity index (χ3n) is 8.31. The largest absolute Gasteiger partial charge is 0.474 e. The van der Waals surface area contributed by atoms with Gasteiger partial charge in [0.25, 0.3) is 6.43 Å². The minimum atomic E-state index is -2.79. The maximum atomic E-state index is 14.1. The number of methoxy groups -OCH3 is 1. The molecule has 2 aliphatic heterocycles. The van der Waals surface area contributed by atoms with Crippen LogP contribution >= 0.6 is 0 Å². The molecule has 41 heavy (non-hydrogen) atoms. The first-order valence-electron chi connectivity index (χ1n) is 14.5. The topological polar surface area (TPSA) is 94.8 Å². The number of aromatic nitrogens is 4. The number of nitrogens with zero attached hydrogens (tertiary/aromatic N) is 6. The zero-order chi connectivity index (χ0) is 28.3. The number of halogens is 2. The molecule has 0 N–H and O–H groups in total. The number of likely N-dealkylation sites (tertiary alicyclic amines) is 1. The van der Waals surface area contributed by atoms with Gasteiger partial charge >= 0.3 is 0 Å². The fourth-order valence-electron chi connectivity index (χ4n) is 6.24. The summed E-state index contributed by atoms with van der Waals surface area (Å²) in [6.07, 6.45) is 1.95. The molecule has 6 rings (SSSR count). The van der Waals surface area contributed by atoms with Crippen molar-refractivity contribution in [2.24, 2.45) is 5.92 Å². The van der Waals surface area contributed by atoms with Crippen molar-refractivity contribution in [1.29, 1.82) is 0 Å². The number of para-hydroxylation sites is 2. The van der Waals surface area contributed by atoms with Crippen LogP contribution in [0.25, 0.3) is 16.9 Å². The van der Waals surface area contributed by atoms with Gasteiger partial charge in [-0.2, -0.15) is 9.97 Å². The molecule has 1 saturated carbocycles. The Morgan fingerprint density at radius 1 is 1.05 bits per heavy atom. The molecular formula is C29H36F2N6O4. The molecule has 1 amide bonds. The van der Waals surface area contributed by atoms with Crippen LogP contribution in [0.4, 0.5) is 14.7 Å². The van der Waals surface area contributed by atoms with Crippen molar-refractivity contribution in [3.63, 3.8) is 0 Å². The lowest BCUT2D eigenvalue weighted by Gasteiger charge is -2.33. The molecule has 0 unspecified atom stereocenters. The van der Waals surface area contributed by atoms with Crippen molar-refractivity contribution in [3.8, 4) is 11.7 Å². The highest BCUT2D eigenvalue weighted by molar-refractivity contribution is 5.79. The third-order valence-corrected chi connectivity index (χ3v) is 8.31. The SMILES string of the molecule is COC[C@H]1CCCN1C(=O)C1CCC(Oc2cc(-n3c(C(F)F)nc4ccccc43)nc(N3CCOCC3)n2)CC1. The number of fused-ring (bicyclic) bond motifs is 1. The number of alkyl halides is 2. The van der Waals surface area contributed by atoms with Gasteiger partial charge in [0.1, 0.15) is 11.9 Å². The molecule has 3 aliphatic rings. The van der Waals surface area contributed by atoms with Crippen molar-refractivity contribution in [2.45, 2.75) is 57.1 Å². The summed E-state index contributed by atoms with van der Waals surface area (Å²) in [4.78, 5) is 30.8. The maximum Gasteiger partial charge on any atom is 0.296 e. The van der Waals surface area contributed by atoms with Crippen molar-refractivity contribution in [1.82, 2.24) is 24.4 Å². The molecule has 4 heterocycles. The Labute approximate surface area is 237 Å². The quantitative estimate of drug-likeness (QED) is 0.399. The summed E-state index contributed by atoms with van der Waals surface area (Å²) in [6, 6.07) is 8.79. The molecule has 0 spiro atoms. The van der Waals surface area contributed by atoms with E-state index in [-0.39, 0.29) is 35.6 Å². The lowest BCUT2D eigenvalue weighted by atomic mass is 9.86. The van der Waals surface area contributed by atoms with Crippen molar-refractivity contribution in [3.05, 3.63) is 36.2 Å². The number of carbonyl (C=O) groups excluding carboxylic acids is 1. The van der Waals surface area contributed by atoms with E-state index in [0.29, 0.717) is 68.6 Å². The summed E-state index contributed by atoms with van der Waals surface area (Å²) in [5.74, 6) is 0.820. The number of amides is 1. The summed E-state index contributed by atoms with van der Waals surface area (Å²) < 4.78 is 46.9. The summed E-state index contributed by atoms with van der Waals surface area (Å²) in [5.41, 5.74) is 0.999. The molecule has 3 fully saturated rings. The average molecular weight is 571 g/mol. The zero-order valence-corrected chi connectivity index (χ0v) is 23.3. The van der Waals surface area contributed by atoms with Crippen LogP contribution in [-0.4, -0.2) is 89.0 Å². The van der Waals surface area contributed by atoms with Gasteiger partial charge in [0.2, 0.25) is 17.7 Å². The van der Waals surface area contributed by atoms with E-state index < -0.39 is 6.43 Å². The number of carbonyl (C=O) groups is 1. The van der Waals surface area contributed by atoms with Crippen LogP contribution in [-0.2, 0) is 14.3 Å². The van der Waals surface area contributed by atoms with Gasteiger partial charge in [-0.3, -0.25) is 9.36 Å². The summed E-state index contributed by atoms with van der Waals surface area (Å²) in [7, 11) is 1.68. The summed E-state index contributed by atoms with van der Waals surface area (Å²) in [6.45, 7) is 3.60. The van der Waals surface area contributed by atoms with Gasteiger partial charge in [-0.05, 0) is 50.7 Å². The van der Waals surface area contributed by atoms with E-state index in [0.717, 1.165) is 32.2 Å². The molecule has 10 nitrogen and oxygen atoms in total. The molecule has 12 heteroatoms. The van der Waals surface area contributed by atoms with Gasteiger partial charge in [-0.15, -0.1) is 0 Å². The van der Waals surface area contributed by atoms with Crippen LogP contribution in [0.15, 0.2) is 30.3 Å². The molecule has 2 aromatic heterocycles. The van der Waals surface area contributed by atoms with E-state index >= 15 is 0 Å². The molecule has 1 aromatic carbocycles. The number of anilines is 1. The smallest absolute Gasteiger partial charge is 0.296 e. The molecular weight excluding hydrogens is 534 g/mol. The predicted molar refractivity (Wildman–Crippen MR) is 148 cm³/mol. The first-order valence-corrected chi connectivity index (χ1v) is 14.5. The Morgan fingerprint density at radius 2 is 1.83 bits per heavy atom. The molecule has 2 saturated heterocycles. The number of imidazole rings is 1. The molecule has 3 aromatic rings. The second-order valence-corrected chi connectivity index (χ2v) is 10.9. The van der Waals surface area contributed by atoms with Gasteiger partial charge in [0, 0.05) is 38.7 Å². The number of morpholine rings is 1. The fourth-order valence-corrected chi connectivity index (χ4v) is 6.24. The standard InChI is InChI=1S/C29H36F2N6O4/c1-39-18-20-5-4-12-36(20)28(38)19-8-10-21(11-9-19)41-25-17-24(33-29(34-25)35-13-15-40-16-14-35)37-23-7-3-2-6-22(23)32-27(37)26(30)31/h2-3,6-7,17,19-21,26H,4-5,8-16,18H2,1H3/t19?,20-,21?/m1/s1. The van der Waals surface area contributed by atoms with Crippen LogP contribution in [0, 0.1) is 5.92 Å². The Hall–Kier alpha value is -3.38. The van der Waals surface area contributed by atoms with Crippen molar-refractivity contribution in [2.75, 3.05) is 51.5 Å². The number of benzene rings is 1. The number of rotatable bonds is 8. The van der Waals surface area contributed by atoms with Gasteiger partial charge in [-0.25, -0.2) is 13.8 Å². The second kappa shape index (κ2) is 12.2. The minimum Gasteiger partial charge on any atom is -0.474 e. The van der Waals surface area contributed by atoms with E-state index in [4.69, 9.17) is 19.2 Å². The average Bonchev–Trinajstić information content (AvgIpc) is 3.63. The predicted octanol–water partition coefficient (Wildman–Crippen LogP) is 4.16. The van der Waals surface area contributed by atoms with E-state index in [1.807, 2.05) is 9.80 Å². The van der Waals surface area contributed by atoms with Gasteiger partial charge in [-0.1, -0.05) is 12.1 Å². The molecule has 220 valence electrons. The monoisotopic (exact) mass is 570 g/mol. The van der Waals surface area contributed by atoms with Gasteiger partial charge in [0.15, 0.2) is 5.82 Å². The highest BCUT2D eigenvalue weighted by Gasteiger charge is 2.35. The highest BCUT2D eigenvalue weighted by Crippen LogP contribution is 2.33. The van der Waals surface area contributed by atoms with E-state index in [1.165, 1.54) is 4.57 Å². The summed E-state index contributed by atoms with van der Waals surface area (Å²) in [5, 5.41) is 0. The summed E-state index contributed by atoms with van der Waals surface area (Å²) >= 11 is 0. The van der Waals surface area contributed by atoms with Crippen molar-refractivity contribution < 1.29 is 27.8 Å². The van der Waals surface area contributed by atoms with Crippen LogP contribution in [0.3, 0.4) is 0 Å². The Bertz CT molecular complexity index is 1360. The van der Waals surface area contributed by atoms with Gasteiger partial charge < -0.3 is 24.0 Å². The number of ether oxygens (including phenoxy) is 3. The zero-order valence-electron chi connectivity index (χ0n) is 23.3. The first kappa shape index (κ1) is 27.8. The Kier molecular flexibility index (Phi) is 8.29. The molecule has 1 aliphatic carbocycles. The van der Waals surface area contributed by atoms with Crippen LogP contribution < -0.4 is 9.64 Å². The number of hydrogen-bond acceptors (Lipinski definition) is 8. The Balaban J connectivity index is 1.24.